The maximum atomic E-state index is 12.8. The molecule has 4 fully saturated rings. The van der Waals surface area contributed by atoms with Crippen molar-refractivity contribution in [2.75, 3.05) is 34.4 Å². The van der Waals surface area contributed by atoms with Crippen molar-refractivity contribution in [2.45, 2.75) is 139 Å². The summed E-state index contributed by atoms with van der Waals surface area (Å²) in [5, 5.41) is 40.4. The van der Waals surface area contributed by atoms with E-state index in [1.165, 1.54) is 10.9 Å². The minimum atomic E-state index is -1.47. The van der Waals surface area contributed by atoms with Gasteiger partial charge in [0, 0.05) is 37.3 Å². The third-order valence-electron chi connectivity index (χ3n) is 12.6. The number of aliphatic hydroxyl groups excluding tert-OH is 2. The molecular weight excluding hydrogens is 875 g/mol. The van der Waals surface area contributed by atoms with Crippen molar-refractivity contribution < 1.29 is 29.3 Å². The number of aromatic nitrogens is 8. The van der Waals surface area contributed by atoms with Crippen LogP contribution in [0.25, 0.3) is 22.3 Å². The van der Waals surface area contributed by atoms with E-state index in [0.29, 0.717) is 91.3 Å². The van der Waals surface area contributed by atoms with Crippen LogP contribution in [0.2, 0.25) is 10.6 Å². The number of halogens is 2. The highest BCUT2D eigenvalue weighted by Gasteiger charge is 2.48. The predicted molar refractivity (Wildman–Crippen MR) is 235 cm³/mol. The average molecular weight is 926 g/mol. The Balaban J connectivity index is 0.774. The Hall–Kier alpha value is -5.26. The van der Waals surface area contributed by atoms with Gasteiger partial charge in [-0.05, 0) is 101 Å². The Labute approximate surface area is 375 Å². The van der Waals surface area contributed by atoms with E-state index < -0.39 is 53.6 Å². The smallest absolute Gasteiger partial charge is 0.253 e. The van der Waals surface area contributed by atoms with E-state index >= 15 is 0 Å². The van der Waals surface area contributed by atoms with Gasteiger partial charge in [-0.1, -0.05) is 0 Å². The van der Waals surface area contributed by atoms with Crippen LogP contribution in [-0.4, -0.2) is 123 Å². The van der Waals surface area contributed by atoms with Crippen molar-refractivity contribution in [2.24, 2.45) is 0 Å². The standard InChI is InChI=1S/C40H50Cl2N14O8/c1-3-43-36(61)21-13-14-22(63-21)55-15-45-25-32(51-39(41)53-34(25)55)49-19-9-5-17(6-10-19)47-23-24(28(58)27(23)57)48-18-7-11-20(12-8-18)50-33-26-35(54-40(42)52-33)56(16-46-26)38-30(60)29(59)31(64-38)37(62)44-4-2/h15-22,29-31,38,47-48,59-60H,3-14H2,1-2H3,(H,43,61)(H,44,62)(H,49,51,53)(H,50,52,54)/t17-,18-,19-,20-,21-,22+,29-,30+,31-,38+/m0/s1. The zero-order valence-corrected chi connectivity index (χ0v) is 36.6. The molecule has 2 saturated heterocycles. The predicted octanol–water partition coefficient (Wildman–Crippen LogP) is 2.11. The van der Waals surface area contributed by atoms with Gasteiger partial charge in [-0.25, -0.2) is 9.97 Å². The first-order valence-electron chi connectivity index (χ1n) is 21.8. The summed E-state index contributed by atoms with van der Waals surface area (Å²) < 4.78 is 15.0. The summed E-state index contributed by atoms with van der Waals surface area (Å²) in [6, 6.07) is -0.0222. The van der Waals surface area contributed by atoms with Gasteiger partial charge in [0.05, 0.1) is 12.7 Å². The fourth-order valence-corrected chi connectivity index (χ4v) is 9.62. The van der Waals surface area contributed by atoms with Crippen LogP contribution in [-0.2, 0) is 19.1 Å². The van der Waals surface area contributed by atoms with Crippen molar-refractivity contribution >= 4 is 80.4 Å². The number of hydrogen-bond donors (Lipinski definition) is 8. The maximum absolute atomic E-state index is 12.8. The molecule has 0 unspecified atom stereocenters. The largest absolute Gasteiger partial charge is 0.387 e. The normalized spacial score (nSPS) is 28.4. The second-order valence-electron chi connectivity index (χ2n) is 16.8. The second kappa shape index (κ2) is 18.3. The molecule has 4 aliphatic rings. The number of imidazole rings is 2. The molecule has 8 N–H and O–H groups in total. The number of nitrogens with one attached hydrogen (secondary N) is 6. The topological polar surface area (TPSA) is 287 Å². The molecule has 5 aromatic rings. The average Bonchev–Trinajstić information content (AvgIpc) is 4.09. The highest BCUT2D eigenvalue weighted by atomic mass is 35.5. The Morgan fingerprint density at radius 2 is 1.11 bits per heavy atom. The molecule has 1 aromatic carbocycles. The molecule has 6 atom stereocenters. The lowest BCUT2D eigenvalue weighted by Gasteiger charge is -2.33. The van der Waals surface area contributed by atoms with Gasteiger partial charge in [0.25, 0.3) is 16.8 Å². The molecule has 0 radical (unpaired) electrons. The molecule has 342 valence electrons. The molecule has 0 spiro atoms. The summed E-state index contributed by atoms with van der Waals surface area (Å²) in [5.74, 6) is 0.206. The number of hydrogen-bond acceptors (Lipinski definition) is 18. The van der Waals surface area contributed by atoms with E-state index in [9.17, 15) is 29.4 Å². The molecule has 9 rings (SSSR count). The van der Waals surface area contributed by atoms with Gasteiger partial charge in [-0.3, -0.25) is 28.3 Å². The zero-order chi connectivity index (χ0) is 44.8. The molecule has 2 aliphatic carbocycles. The van der Waals surface area contributed by atoms with E-state index in [4.69, 9.17) is 32.7 Å². The molecule has 0 bridgehead atoms. The number of carbonyl (C=O) groups is 2. The fraction of sp³-hybridized carbons (Fsp3) is 0.600. The van der Waals surface area contributed by atoms with Crippen LogP contribution in [0.15, 0.2) is 22.2 Å². The Morgan fingerprint density at radius 3 is 1.62 bits per heavy atom. The minimum Gasteiger partial charge on any atom is -0.387 e. The number of ether oxygens (including phenoxy) is 2. The summed E-state index contributed by atoms with van der Waals surface area (Å²) in [6.07, 6.45) is 3.77. The minimum absolute atomic E-state index is 0.0111. The number of aliphatic hydroxyl groups is 2. The number of anilines is 4. The van der Waals surface area contributed by atoms with Gasteiger partial charge in [-0.2, -0.15) is 19.9 Å². The van der Waals surface area contributed by atoms with Crippen LogP contribution in [0.3, 0.4) is 0 Å². The van der Waals surface area contributed by atoms with Crippen LogP contribution in [0.4, 0.5) is 23.0 Å². The van der Waals surface area contributed by atoms with E-state index in [-0.39, 0.29) is 46.3 Å². The lowest BCUT2D eigenvalue weighted by molar-refractivity contribution is -0.137. The Kier molecular flexibility index (Phi) is 12.6. The first-order chi connectivity index (χ1) is 30.9. The molecule has 2 amide bonds. The molecule has 24 heteroatoms. The van der Waals surface area contributed by atoms with Crippen LogP contribution in [0.1, 0.15) is 90.5 Å². The van der Waals surface area contributed by atoms with Crippen molar-refractivity contribution in [3.8, 4) is 0 Å². The lowest BCUT2D eigenvalue weighted by Crippen LogP contribution is -2.43. The van der Waals surface area contributed by atoms with Crippen molar-refractivity contribution in [1.29, 1.82) is 0 Å². The quantitative estimate of drug-likeness (QED) is 0.0585. The van der Waals surface area contributed by atoms with Gasteiger partial charge >= 0.3 is 0 Å². The second-order valence-corrected chi connectivity index (χ2v) is 17.5. The zero-order valence-electron chi connectivity index (χ0n) is 35.1. The summed E-state index contributed by atoms with van der Waals surface area (Å²) >= 11 is 12.7. The molecule has 22 nitrogen and oxygen atoms in total. The first-order valence-corrected chi connectivity index (χ1v) is 22.6. The molecule has 6 heterocycles. The summed E-state index contributed by atoms with van der Waals surface area (Å²) in [7, 11) is 0. The third kappa shape index (κ3) is 8.53. The summed E-state index contributed by atoms with van der Waals surface area (Å²) in [6.45, 7) is 4.46. The van der Waals surface area contributed by atoms with Crippen molar-refractivity contribution in [1.82, 2.24) is 49.7 Å². The highest BCUT2D eigenvalue weighted by molar-refractivity contribution is 6.29. The number of fused-ring (bicyclic) bond motifs is 2. The van der Waals surface area contributed by atoms with E-state index in [1.54, 1.807) is 17.8 Å². The summed E-state index contributed by atoms with van der Waals surface area (Å²) in [5.41, 5.74) is 1.28. The molecule has 2 saturated carbocycles. The lowest BCUT2D eigenvalue weighted by atomic mass is 9.90. The first kappa shape index (κ1) is 44.0. The molecule has 64 heavy (non-hydrogen) atoms. The third-order valence-corrected chi connectivity index (χ3v) is 12.9. The van der Waals surface area contributed by atoms with Crippen LogP contribution in [0, 0.1) is 0 Å². The number of nitrogens with zero attached hydrogens (tertiary/aromatic N) is 8. The van der Waals surface area contributed by atoms with E-state index in [1.807, 2.05) is 6.92 Å². The van der Waals surface area contributed by atoms with Gasteiger partial charge in [0.2, 0.25) is 16.5 Å². The maximum Gasteiger partial charge on any atom is 0.253 e. The van der Waals surface area contributed by atoms with E-state index in [2.05, 4.69) is 61.8 Å². The van der Waals surface area contributed by atoms with Crippen LogP contribution in [0.5, 0.6) is 0 Å². The molecule has 2 aliphatic heterocycles. The Morgan fingerprint density at radius 1 is 0.641 bits per heavy atom. The van der Waals surface area contributed by atoms with Gasteiger partial charge in [0.15, 0.2) is 46.3 Å². The number of amides is 2. The van der Waals surface area contributed by atoms with Gasteiger partial charge < -0.3 is 51.6 Å². The molecular formula is C40H50Cl2N14O8. The molecule has 4 aromatic heterocycles. The van der Waals surface area contributed by atoms with Crippen molar-refractivity contribution in [3.05, 3.63) is 43.7 Å². The van der Waals surface area contributed by atoms with E-state index in [0.717, 1.165) is 25.7 Å². The number of likely N-dealkylation sites (N-methyl/N-ethyl adjacent to an activating group) is 2. The van der Waals surface area contributed by atoms with Crippen LogP contribution >= 0.6 is 23.2 Å². The van der Waals surface area contributed by atoms with Gasteiger partial charge in [-0.15, -0.1) is 0 Å². The highest BCUT2D eigenvalue weighted by Crippen LogP contribution is 2.36. The Bertz CT molecular complexity index is 2600. The number of rotatable bonds is 14. The SMILES string of the molecule is CCNC(=O)[C@@H]1CC[C@H](n2cnc3c(N[C@H]4CC[C@H](Nc5c(N[C@H]6CC[C@H](Nc7nc(Cl)nc8c7ncn8[C@@H]7O[C@H](C(=O)NCC)[C@@H](O)[C@H]7O)CC6)c(=O)c5=O)CC4)nc(Cl)nc32)O1. The van der Waals surface area contributed by atoms with Crippen LogP contribution < -0.4 is 42.8 Å². The monoisotopic (exact) mass is 924 g/mol. The van der Waals surface area contributed by atoms with Gasteiger partial charge in [0.1, 0.15) is 35.9 Å². The summed E-state index contributed by atoms with van der Waals surface area (Å²) in [4.78, 5) is 77.1. The fourth-order valence-electron chi connectivity index (χ4n) is 9.29. The van der Waals surface area contributed by atoms with Crippen molar-refractivity contribution in [3.63, 3.8) is 0 Å². The number of carbonyl (C=O) groups excluding carboxylic acids is 2.